The van der Waals surface area contributed by atoms with E-state index in [1.165, 1.54) is 0 Å². The van der Waals surface area contributed by atoms with Crippen LogP contribution in [0.3, 0.4) is 0 Å². The molecule has 2 aliphatic rings. The van der Waals surface area contributed by atoms with Gasteiger partial charge in [-0.2, -0.15) is 0 Å². The molecule has 1 aromatic heterocycles. The summed E-state index contributed by atoms with van der Waals surface area (Å²) in [5, 5.41) is 0. The molecule has 0 saturated carbocycles. The Balaban J connectivity index is 1.53. The molecule has 3 heterocycles. The summed E-state index contributed by atoms with van der Waals surface area (Å²) in [6.45, 7) is 8.58. The number of aryl methyl sites for hydroxylation is 1. The highest BCUT2D eigenvalue weighted by Gasteiger charge is 2.43. The lowest BCUT2D eigenvalue weighted by Crippen LogP contribution is -2.43. The lowest BCUT2D eigenvalue weighted by atomic mass is 9.76. The quantitative estimate of drug-likeness (QED) is 0.917. The van der Waals surface area contributed by atoms with Crippen molar-refractivity contribution in [1.29, 1.82) is 0 Å². The normalized spacial score (nSPS) is 23.8. The van der Waals surface area contributed by atoms with Crippen LogP contribution in [-0.2, 0) is 4.74 Å². The van der Waals surface area contributed by atoms with Crippen molar-refractivity contribution in [2.24, 2.45) is 5.41 Å². The Hall–Kier alpha value is -1.40. The van der Waals surface area contributed by atoms with Crippen LogP contribution in [0.15, 0.2) is 6.20 Å². The van der Waals surface area contributed by atoms with Crippen molar-refractivity contribution < 1.29 is 9.53 Å². The first-order valence-corrected chi connectivity index (χ1v) is 8.62. The van der Waals surface area contributed by atoms with E-state index >= 15 is 0 Å². The Kier molecular flexibility index (Phi) is 4.73. The first-order chi connectivity index (χ1) is 11.0. The van der Waals surface area contributed by atoms with Gasteiger partial charge in [-0.25, -0.2) is 4.98 Å². The molecule has 2 fully saturated rings. The number of hydrogen-bond acceptors (Lipinski definition) is 4. The molecule has 1 aromatic rings. The van der Waals surface area contributed by atoms with Crippen LogP contribution in [0.4, 0.5) is 0 Å². The number of nitrogens with zero attached hydrogens (tertiary/aromatic N) is 3. The number of ether oxygens (including phenoxy) is 1. The average molecular weight is 320 g/mol. The Labute approximate surface area is 138 Å². The SMILES string of the molecule is CCN(C)CC1CC2(CCN(C(=O)c3cnc(C)[nH]3)CC2)CO1. The second-order valence-corrected chi connectivity index (χ2v) is 7.17. The number of rotatable bonds is 4. The molecule has 2 aliphatic heterocycles. The van der Waals surface area contributed by atoms with Crippen LogP contribution in [0.25, 0.3) is 0 Å². The summed E-state index contributed by atoms with van der Waals surface area (Å²) in [6.07, 6.45) is 5.19. The van der Waals surface area contributed by atoms with E-state index in [4.69, 9.17) is 4.74 Å². The molecule has 6 heteroatoms. The van der Waals surface area contributed by atoms with Crippen molar-refractivity contribution in [2.45, 2.75) is 39.2 Å². The minimum Gasteiger partial charge on any atom is -0.376 e. The summed E-state index contributed by atoms with van der Waals surface area (Å²) in [5.74, 6) is 0.857. The van der Waals surface area contributed by atoms with Crippen molar-refractivity contribution in [3.05, 3.63) is 17.7 Å². The zero-order valence-corrected chi connectivity index (χ0v) is 14.5. The van der Waals surface area contributed by atoms with Crippen molar-refractivity contribution >= 4 is 5.91 Å². The number of nitrogens with one attached hydrogen (secondary N) is 1. The summed E-state index contributed by atoms with van der Waals surface area (Å²) in [5.41, 5.74) is 0.878. The molecule has 1 spiro atoms. The standard InChI is InChI=1S/C17H28N4O2/c1-4-20(3)11-14-9-17(12-23-14)5-7-21(8-6-17)16(22)15-10-18-13(2)19-15/h10,14H,4-9,11-12H2,1-3H3,(H,18,19). The summed E-state index contributed by atoms with van der Waals surface area (Å²) >= 11 is 0. The summed E-state index contributed by atoms with van der Waals surface area (Å²) in [4.78, 5) is 23.9. The number of imidazole rings is 1. The van der Waals surface area contributed by atoms with Crippen LogP contribution >= 0.6 is 0 Å². The lowest BCUT2D eigenvalue weighted by Gasteiger charge is -2.38. The van der Waals surface area contributed by atoms with Crippen molar-refractivity contribution in [1.82, 2.24) is 19.8 Å². The molecule has 1 N–H and O–H groups in total. The van der Waals surface area contributed by atoms with Crippen LogP contribution in [0.1, 0.15) is 42.5 Å². The molecule has 0 radical (unpaired) electrons. The fraction of sp³-hybridized carbons (Fsp3) is 0.765. The minimum absolute atomic E-state index is 0.0710. The van der Waals surface area contributed by atoms with Gasteiger partial charge in [-0.3, -0.25) is 4.79 Å². The van der Waals surface area contributed by atoms with Crippen LogP contribution in [0.2, 0.25) is 0 Å². The van der Waals surface area contributed by atoms with Crippen LogP contribution in [-0.4, -0.2) is 71.6 Å². The molecule has 0 aromatic carbocycles. The van der Waals surface area contributed by atoms with E-state index in [0.717, 1.165) is 57.9 Å². The first-order valence-electron chi connectivity index (χ1n) is 8.62. The van der Waals surface area contributed by atoms with Gasteiger partial charge >= 0.3 is 0 Å². The van der Waals surface area contributed by atoms with Crippen molar-refractivity contribution in [2.75, 3.05) is 39.8 Å². The number of likely N-dealkylation sites (N-methyl/N-ethyl adjacent to an activating group) is 1. The van der Waals surface area contributed by atoms with E-state index in [1.54, 1.807) is 6.20 Å². The van der Waals surface area contributed by atoms with Crippen LogP contribution < -0.4 is 0 Å². The van der Waals surface area contributed by atoms with Gasteiger partial charge in [0.25, 0.3) is 5.91 Å². The van der Waals surface area contributed by atoms with Crippen LogP contribution in [0, 0.1) is 12.3 Å². The van der Waals surface area contributed by atoms with Gasteiger partial charge in [-0.05, 0) is 45.2 Å². The van der Waals surface area contributed by atoms with E-state index in [2.05, 4.69) is 28.8 Å². The zero-order valence-electron chi connectivity index (χ0n) is 14.5. The van der Waals surface area contributed by atoms with E-state index in [1.807, 2.05) is 11.8 Å². The predicted molar refractivity (Wildman–Crippen MR) is 88.4 cm³/mol. The van der Waals surface area contributed by atoms with E-state index in [9.17, 15) is 4.79 Å². The number of amides is 1. The second-order valence-electron chi connectivity index (χ2n) is 7.17. The lowest BCUT2D eigenvalue weighted by molar-refractivity contribution is 0.0460. The largest absolute Gasteiger partial charge is 0.376 e. The van der Waals surface area contributed by atoms with Gasteiger partial charge in [-0.1, -0.05) is 6.92 Å². The van der Waals surface area contributed by atoms with Gasteiger partial charge in [0.05, 0.1) is 18.9 Å². The maximum atomic E-state index is 12.5. The second kappa shape index (κ2) is 6.61. The van der Waals surface area contributed by atoms with Crippen LogP contribution in [0.5, 0.6) is 0 Å². The highest BCUT2D eigenvalue weighted by atomic mass is 16.5. The molecular formula is C17H28N4O2. The molecule has 1 atom stereocenters. The molecule has 3 rings (SSSR count). The van der Waals surface area contributed by atoms with Gasteiger partial charge in [0.1, 0.15) is 11.5 Å². The molecule has 2 saturated heterocycles. The highest BCUT2D eigenvalue weighted by molar-refractivity contribution is 5.92. The molecule has 0 aliphatic carbocycles. The van der Waals surface area contributed by atoms with E-state index in [0.29, 0.717) is 11.8 Å². The average Bonchev–Trinajstić information content (AvgIpc) is 3.14. The number of carbonyl (C=O) groups is 1. The number of aromatic amines is 1. The minimum atomic E-state index is 0.0710. The van der Waals surface area contributed by atoms with Gasteiger partial charge < -0.3 is 19.5 Å². The third kappa shape index (κ3) is 3.58. The van der Waals surface area contributed by atoms with Crippen molar-refractivity contribution in [3.8, 4) is 0 Å². The summed E-state index contributed by atoms with van der Waals surface area (Å²) < 4.78 is 6.04. The Morgan fingerprint density at radius 3 is 2.87 bits per heavy atom. The molecule has 0 bridgehead atoms. The van der Waals surface area contributed by atoms with Gasteiger partial charge in [0.2, 0.25) is 0 Å². The number of hydrogen-bond donors (Lipinski definition) is 1. The van der Waals surface area contributed by atoms with E-state index in [-0.39, 0.29) is 11.3 Å². The maximum absolute atomic E-state index is 12.5. The summed E-state index contributed by atoms with van der Waals surface area (Å²) in [7, 11) is 2.14. The number of piperidine rings is 1. The monoisotopic (exact) mass is 320 g/mol. The number of likely N-dealkylation sites (tertiary alicyclic amines) is 1. The summed E-state index contributed by atoms with van der Waals surface area (Å²) in [6, 6.07) is 0. The number of H-pyrrole nitrogens is 1. The maximum Gasteiger partial charge on any atom is 0.271 e. The van der Waals surface area contributed by atoms with Crippen molar-refractivity contribution in [3.63, 3.8) is 0 Å². The van der Waals surface area contributed by atoms with Gasteiger partial charge in [-0.15, -0.1) is 0 Å². The Morgan fingerprint density at radius 1 is 1.52 bits per heavy atom. The van der Waals surface area contributed by atoms with E-state index < -0.39 is 0 Å². The van der Waals surface area contributed by atoms with Gasteiger partial charge in [0, 0.05) is 19.6 Å². The highest BCUT2D eigenvalue weighted by Crippen LogP contribution is 2.42. The molecule has 23 heavy (non-hydrogen) atoms. The Morgan fingerprint density at radius 2 is 2.26 bits per heavy atom. The fourth-order valence-electron chi connectivity index (χ4n) is 3.72. The molecule has 128 valence electrons. The fourth-order valence-corrected chi connectivity index (χ4v) is 3.72. The molecule has 1 amide bonds. The third-order valence-electron chi connectivity index (χ3n) is 5.39. The smallest absolute Gasteiger partial charge is 0.271 e. The molecule has 1 unspecified atom stereocenters. The molecule has 6 nitrogen and oxygen atoms in total. The molecular weight excluding hydrogens is 292 g/mol. The number of carbonyl (C=O) groups excluding carboxylic acids is 1. The number of aromatic nitrogens is 2. The first kappa shape index (κ1) is 16.5. The Bertz CT molecular complexity index is 549. The zero-order chi connectivity index (χ0) is 16.4. The third-order valence-corrected chi connectivity index (χ3v) is 5.39. The topological polar surface area (TPSA) is 61.5 Å². The van der Waals surface area contributed by atoms with Gasteiger partial charge in [0.15, 0.2) is 0 Å². The predicted octanol–water partition coefficient (Wildman–Crippen LogP) is 1.68.